The number of fused-ring (bicyclic) bond motifs is 3. The molecule has 0 bridgehead atoms. The molecule has 0 radical (unpaired) electrons. The summed E-state index contributed by atoms with van der Waals surface area (Å²) in [7, 11) is 0. The summed E-state index contributed by atoms with van der Waals surface area (Å²) >= 11 is 0. The molecule has 2 atom stereocenters. The number of imide groups is 1. The van der Waals surface area contributed by atoms with Gasteiger partial charge in [0.25, 0.3) is 5.91 Å². The number of aromatic nitrogens is 6. The number of anilines is 1. The molecule has 46 heavy (non-hydrogen) atoms. The number of amides is 3. The van der Waals surface area contributed by atoms with Crippen LogP contribution < -0.4 is 10.2 Å². The van der Waals surface area contributed by atoms with Crippen LogP contribution in [0.3, 0.4) is 0 Å². The molecule has 3 amide bonds. The van der Waals surface area contributed by atoms with Crippen molar-refractivity contribution in [2.45, 2.75) is 26.3 Å². The molecule has 0 aliphatic carbocycles. The quantitative estimate of drug-likeness (QED) is 0.215. The van der Waals surface area contributed by atoms with Gasteiger partial charge in [-0.1, -0.05) is 13.0 Å². The lowest BCUT2D eigenvalue weighted by molar-refractivity contribution is -0.126. The molecule has 14 heteroatoms. The summed E-state index contributed by atoms with van der Waals surface area (Å²) in [5, 5.41) is 20.6. The zero-order valence-electron chi connectivity index (χ0n) is 24.7. The SMILES string of the molecule is CCc1cc(O)c(F)cc1-c1ccc2c(-c3nc4c([nH]3)CN(C(=O)c3cnc(N5C[C@@H]6C(=O)NC(=O)[C@@H]6C5)cn3)CC4)n[nH]c2c1. The van der Waals surface area contributed by atoms with Crippen molar-refractivity contribution in [2.24, 2.45) is 11.8 Å². The minimum absolute atomic E-state index is 0.203. The van der Waals surface area contributed by atoms with Crippen LogP contribution in [0.1, 0.15) is 34.4 Å². The Morgan fingerprint density at radius 3 is 2.63 bits per heavy atom. The summed E-state index contributed by atoms with van der Waals surface area (Å²) in [5.74, 6) is -1.49. The van der Waals surface area contributed by atoms with E-state index in [-0.39, 0.29) is 41.0 Å². The van der Waals surface area contributed by atoms with Gasteiger partial charge in [0.05, 0.1) is 47.7 Å². The molecule has 8 rings (SSSR count). The van der Waals surface area contributed by atoms with Gasteiger partial charge in [-0.15, -0.1) is 0 Å². The highest BCUT2D eigenvalue weighted by Gasteiger charge is 2.48. The van der Waals surface area contributed by atoms with E-state index >= 15 is 0 Å². The Morgan fingerprint density at radius 1 is 1.09 bits per heavy atom. The van der Waals surface area contributed by atoms with Crippen molar-refractivity contribution in [2.75, 3.05) is 24.5 Å². The molecule has 2 fully saturated rings. The van der Waals surface area contributed by atoms with Gasteiger partial charge in [0.2, 0.25) is 11.8 Å². The number of aryl methyl sites for hydroxylation is 1. The maximum absolute atomic E-state index is 14.2. The largest absolute Gasteiger partial charge is 0.505 e. The highest BCUT2D eigenvalue weighted by atomic mass is 19.1. The van der Waals surface area contributed by atoms with E-state index in [1.807, 2.05) is 30.0 Å². The smallest absolute Gasteiger partial charge is 0.274 e. The van der Waals surface area contributed by atoms with Crippen LogP contribution in [-0.2, 0) is 29.0 Å². The summed E-state index contributed by atoms with van der Waals surface area (Å²) in [5.41, 5.74) is 5.60. The average Bonchev–Trinajstić information content (AvgIpc) is 3.85. The molecule has 3 aliphatic rings. The second-order valence-electron chi connectivity index (χ2n) is 11.9. The number of nitrogens with one attached hydrogen (secondary N) is 3. The van der Waals surface area contributed by atoms with E-state index in [0.29, 0.717) is 61.9 Å². The summed E-state index contributed by atoms with van der Waals surface area (Å²) in [6.45, 7) is 3.49. The Kier molecular flexibility index (Phi) is 6.34. The number of aromatic hydroxyl groups is 1. The molecule has 2 saturated heterocycles. The molecule has 5 aromatic rings. The van der Waals surface area contributed by atoms with Crippen LogP contribution in [0.5, 0.6) is 5.75 Å². The fraction of sp³-hybridized carbons (Fsp3) is 0.281. The number of hydrogen-bond donors (Lipinski definition) is 4. The first-order valence-electron chi connectivity index (χ1n) is 15.1. The van der Waals surface area contributed by atoms with Gasteiger partial charge in [0.1, 0.15) is 17.2 Å². The second-order valence-corrected chi connectivity index (χ2v) is 11.9. The molecule has 2 aromatic carbocycles. The topological polar surface area (TPSA) is 173 Å². The molecule has 3 aromatic heterocycles. The van der Waals surface area contributed by atoms with E-state index in [9.17, 15) is 23.9 Å². The van der Waals surface area contributed by atoms with Crippen LogP contribution in [0, 0.1) is 17.7 Å². The van der Waals surface area contributed by atoms with Crippen LogP contribution in [0.15, 0.2) is 42.7 Å². The molecule has 232 valence electrons. The third-order valence-corrected chi connectivity index (χ3v) is 9.19. The van der Waals surface area contributed by atoms with E-state index in [4.69, 9.17) is 4.98 Å². The number of carbonyl (C=O) groups is 3. The number of nitrogens with zero attached hydrogens (tertiary/aromatic N) is 6. The number of halogens is 1. The average molecular weight is 622 g/mol. The van der Waals surface area contributed by atoms with Crippen molar-refractivity contribution >= 4 is 34.4 Å². The molecule has 3 aliphatic heterocycles. The first-order valence-corrected chi connectivity index (χ1v) is 15.1. The minimum Gasteiger partial charge on any atom is -0.505 e. The predicted octanol–water partition coefficient (Wildman–Crippen LogP) is 2.72. The number of rotatable bonds is 5. The Morgan fingerprint density at radius 2 is 1.89 bits per heavy atom. The van der Waals surface area contributed by atoms with E-state index in [1.165, 1.54) is 24.5 Å². The van der Waals surface area contributed by atoms with Gasteiger partial charge >= 0.3 is 0 Å². The van der Waals surface area contributed by atoms with Crippen molar-refractivity contribution in [3.8, 4) is 28.4 Å². The number of H-pyrrole nitrogens is 2. The summed E-state index contributed by atoms with van der Waals surface area (Å²) in [6.07, 6.45) is 4.13. The fourth-order valence-corrected chi connectivity index (χ4v) is 6.70. The summed E-state index contributed by atoms with van der Waals surface area (Å²) < 4.78 is 14.2. The first-order chi connectivity index (χ1) is 22.3. The number of phenolic OH excluding ortho intramolecular Hbond substituents is 1. The maximum atomic E-state index is 14.2. The van der Waals surface area contributed by atoms with Crippen LogP contribution in [-0.4, -0.2) is 77.5 Å². The molecule has 13 nitrogen and oxygen atoms in total. The van der Waals surface area contributed by atoms with Crippen LogP contribution in [0.2, 0.25) is 0 Å². The van der Waals surface area contributed by atoms with Crippen molar-refractivity contribution in [1.29, 1.82) is 0 Å². The Balaban J connectivity index is 0.986. The van der Waals surface area contributed by atoms with E-state index < -0.39 is 5.82 Å². The van der Waals surface area contributed by atoms with Gasteiger partial charge in [-0.2, -0.15) is 5.10 Å². The lowest BCUT2D eigenvalue weighted by Crippen LogP contribution is -2.36. The highest BCUT2D eigenvalue weighted by molar-refractivity contribution is 6.06. The van der Waals surface area contributed by atoms with Gasteiger partial charge in [-0.05, 0) is 47.4 Å². The second kappa shape index (κ2) is 10.5. The Bertz CT molecular complexity index is 2050. The Labute approximate surface area is 260 Å². The normalized spacial score (nSPS) is 19.1. The van der Waals surface area contributed by atoms with Gasteiger partial charge in [-0.25, -0.2) is 19.3 Å². The van der Waals surface area contributed by atoms with E-state index in [0.717, 1.165) is 33.4 Å². The lowest BCUT2D eigenvalue weighted by atomic mass is 9.96. The number of imidazole rings is 1. The summed E-state index contributed by atoms with van der Waals surface area (Å²) in [4.78, 5) is 57.8. The number of hydrogen-bond acceptors (Lipinski definition) is 9. The van der Waals surface area contributed by atoms with Gasteiger partial charge < -0.3 is 19.9 Å². The fourth-order valence-electron chi connectivity index (χ4n) is 6.70. The lowest BCUT2D eigenvalue weighted by Gasteiger charge is -2.26. The molecule has 4 N–H and O–H groups in total. The van der Waals surface area contributed by atoms with Crippen molar-refractivity contribution in [3.05, 3.63) is 71.2 Å². The first kappa shape index (κ1) is 27.9. The van der Waals surface area contributed by atoms with E-state index in [1.54, 1.807) is 4.90 Å². The molecule has 0 saturated carbocycles. The van der Waals surface area contributed by atoms with Crippen LogP contribution in [0.4, 0.5) is 10.2 Å². The third-order valence-electron chi connectivity index (χ3n) is 9.19. The molecular weight excluding hydrogens is 593 g/mol. The van der Waals surface area contributed by atoms with Crippen molar-refractivity contribution < 1.29 is 23.9 Å². The monoisotopic (exact) mass is 621 g/mol. The van der Waals surface area contributed by atoms with Crippen molar-refractivity contribution in [1.82, 2.24) is 40.3 Å². The molecule has 0 spiro atoms. The summed E-state index contributed by atoms with van der Waals surface area (Å²) in [6, 6.07) is 8.52. The Hall–Kier alpha value is -5.66. The highest BCUT2D eigenvalue weighted by Crippen LogP contribution is 2.34. The number of phenols is 1. The predicted molar refractivity (Wildman–Crippen MR) is 163 cm³/mol. The standard InChI is InChI=1S/C32H28FN9O4/c1-2-15-8-26(43)21(33)9-18(15)16-3-4-17-23(7-16)39-40-28(17)29-36-22-5-6-41(14-25(22)37-29)32(46)24-10-35-27(11-34-24)42-12-19-20(13-42)31(45)38-30(19)44/h3-4,7-11,19-20,43H,2,5-6,12-14H2,1H3,(H,36,37)(H,39,40)(H,38,44,45)/t19-,20+. The zero-order valence-corrected chi connectivity index (χ0v) is 24.7. The molecule has 0 unspecified atom stereocenters. The third kappa shape index (κ3) is 4.47. The number of aromatic amines is 2. The van der Waals surface area contributed by atoms with Crippen molar-refractivity contribution in [3.63, 3.8) is 0 Å². The van der Waals surface area contributed by atoms with Crippen LogP contribution >= 0.6 is 0 Å². The van der Waals surface area contributed by atoms with Gasteiger partial charge in [0.15, 0.2) is 17.4 Å². The van der Waals surface area contributed by atoms with Gasteiger partial charge in [0, 0.05) is 31.4 Å². The molecular formula is C32H28FN9O4. The zero-order chi connectivity index (χ0) is 31.7. The maximum Gasteiger partial charge on any atom is 0.274 e. The number of carbonyl (C=O) groups excluding carboxylic acids is 3. The molecule has 6 heterocycles. The number of benzene rings is 2. The van der Waals surface area contributed by atoms with E-state index in [2.05, 4.69) is 30.5 Å². The van der Waals surface area contributed by atoms with Crippen LogP contribution in [0.25, 0.3) is 33.5 Å². The minimum atomic E-state index is -0.672. The van der Waals surface area contributed by atoms with Gasteiger partial charge in [-0.3, -0.25) is 24.8 Å².